The predicted octanol–water partition coefficient (Wildman–Crippen LogP) is 2.02. The third-order valence-electron chi connectivity index (χ3n) is 3.47. The molecule has 13 heavy (non-hydrogen) atoms. The smallest absolute Gasteiger partial charge is 0.0612 e. The summed E-state index contributed by atoms with van der Waals surface area (Å²) in [6.45, 7) is 6.98. The Morgan fingerprint density at radius 1 is 1.15 bits per heavy atom. The molecule has 1 fully saturated rings. The van der Waals surface area contributed by atoms with Crippen LogP contribution in [0.2, 0.25) is 0 Å². The number of rotatable bonds is 3. The molecule has 1 saturated heterocycles. The third kappa shape index (κ3) is 2.68. The first kappa shape index (κ1) is 11.0. The molecule has 1 unspecified atom stereocenters. The van der Waals surface area contributed by atoms with Crippen LogP contribution in [0.25, 0.3) is 0 Å². The van der Waals surface area contributed by atoms with Crippen LogP contribution >= 0.6 is 0 Å². The Morgan fingerprint density at radius 2 is 1.69 bits per heavy atom. The van der Waals surface area contributed by atoms with Crippen LogP contribution in [0.3, 0.4) is 0 Å². The van der Waals surface area contributed by atoms with Crippen molar-refractivity contribution >= 4 is 0 Å². The second-order valence-electron chi connectivity index (χ2n) is 4.41. The second-order valence-corrected chi connectivity index (χ2v) is 4.41. The summed E-state index contributed by atoms with van der Waals surface area (Å²) in [6, 6.07) is 0. The van der Waals surface area contributed by atoms with E-state index in [-0.39, 0.29) is 5.54 Å². The minimum absolute atomic E-state index is 0.0321. The quantitative estimate of drug-likeness (QED) is 0.727. The van der Waals surface area contributed by atoms with Crippen molar-refractivity contribution < 1.29 is 5.11 Å². The van der Waals surface area contributed by atoms with E-state index in [1.165, 1.54) is 38.8 Å². The summed E-state index contributed by atoms with van der Waals surface area (Å²) >= 11 is 0. The van der Waals surface area contributed by atoms with E-state index in [4.69, 9.17) is 0 Å². The summed E-state index contributed by atoms with van der Waals surface area (Å²) in [5, 5.41) is 9.39. The first-order valence-corrected chi connectivity index (χ1v) is 5.59. The van der Waals surface area contributed by atoms with Crippen molar-refractivity contribution in [2.24, 2.45) is 0 Å². The van der Waals surface area contributed by atoms with Gasteiger partial charge in [0.15, 0.2) is 0 Å². The molecule has 0 aromatic rings. The Kier molecular flexibility index (Phi) is 4.20. The Balaban J connectivity index is 2.55. The molecule has 1 atom stereocenters. The summed E-state index contributed by atoms with van der Waals surface area (Å²) in [7, 11) is 0. The Morgan fingerprint density at radius 3 is 2.08 bits per heavy atom. The van der Waals surface area contributed by atoms with Crippen LogP contribution in [0.5, 0.6) is 0 Å². The zero-order chi connectivity index (χ0) is 9.73. The first-order valence-electron chi connectivity index (χ1n) is 5.59. The molecule has 2 heteroatoms. The molecular weight excluding hydrogens is 162 g/mol. The van der Waals surface area contributed by atoms with Gasteiger partial charge in [0.05, 0.1) is 6.61 Å². The lowest BCUT2D eigenvalue weighted by atomic mass is 9.97. The number of likely N-dealkylation sites (tertiary alicyclic amines) is 1. The Labute approximate surface area is 81.9 Å². The normalized spacial score (nSPS) is 25.2. The van der Waals surface area contributed by atoms with Crippen molar-refractivity contribution in [1.82, 2.24) is 4.90 Å². The van der Waals surface area contributed by atoms with Gasteiger partial charge < -0.3 is 5.11 Å². The van der Waals surface area contributed by atoms with Crippen LogP contribution in [0.15, 0.2) is 0 Å². The maximum absolute atomic E-state index is 9.39. The van der Waals surface area contributed by atoms with Crippen LogP contribution in [-0.4, -0.2) is 35.2 Å². The van der Waals surface area contributed by atoms with E-state index in [0.29, 0.717) is 6.61 Å². The van der Waals surface area contributed by atoms with Gasteiger partial charge in [0.2, 0.25) is 0 Å². The zero-order valence-corrected chi connectivity index (χ0v) is 9.05. The lowest BCUT2D eigenvalue weighted by Gasteiger charge is -2.38. The fourth-order valence-electron chi connectivity index (χ4n) is 2.05. The summed E-state index contributed by atoms with van der Waals surface area (Å²) in [5.41, 5.74) is 0.0321. The minimum Gasteiger partial charge on any atom is -0.394 e. The minimum atomic E-state index is 0.0321. The lowest BCUT2D eigenvalue weighted by Crippen LogP contribution is -2.49. The second kappa shape index (κ2) is 4.97. The van der Waals surface area contributed by atoms with Crippen LogP contribution in [0.1, 0.15) is 46.0 Å². The van der Waals surface area contributed by atoms with Crippen LogP contribution in [0, 0.1) is 0 Å². The van der Waals surface area contributed by atoms with Crippen LogP contribution in [0.4, 0.5) is 0 Å². The van der Waals surface area contributed by atoms with E-state index in [2.05, 4.69) is 18.7 Å². The summed E-state index contributed by atoms with van der Waals surface area (Å²) in [6.07, 6.45) is 6.37. The topological polar surface area (TPSA) is 23.5 Å². The molecule has 0 radical (unpaired) electrons. The molecule has 2 nitrogen and oxygen atoms in total. The molecule has 1 rings (SSSR count). The maximum Gasteiger partial charge on any atom is 0.0612 e. The van der Waals surface area contributed by atoms with Gasteiger partial charge in [-0.25, -0.2) is 0 Å². The van der Waals surface area contributed by atoms with E-state index < -0.39 is 0 Å². The van der Waals surface area contributed by atoms with E-state index in [1.54, 1.807) is 0 Å². The van der Waals surface area contributed by atoms with Crippen molar-refractivity contribution in [3.05, 3.63) is 0 Å². The van der Waals surface area contributed by atoms with Gasteiger partial charge in [0, 0.05) is 5.54 Å². The largest absolute Gasteiger partial charge is 0.394 e. The fourth-order valence-corrected chi connectivity index (χ4v) is 2.05. The van der Waals surface area contributed by atoms with Gasteiger partial charge in [-0.05, 0) is 39.3 Å². The SMILES string of the molecule is CCC(C)(CO)N1CCCCCC1. The first-order chi connectivity index (χ1) is 6.23. The summed E-state index contributed by atoms with van der Waals surface area (Å²) in [5.74, 6) is 0. The van der Waals surface area contributed by atoms with E-state index in [0.717, 1.165) is 6.42 Å². The highest BCUT2D eigenvalue weighted by molar-refractivity contribution is 4.85. The van der Waals surface area contributed by atoms with Gasteiger partial charge in [0.1, 0.15) is 0 Å². The average molecular weight is 185 g/mol. The van der Waals surface area contributed by atoms with Crippen molar-refractivity contribution in [2.45, 2.75) is 51.5 Å². The van der Waals surface area contributed by atoms with Crippen molar-refractivity contribution in [3.8, 4) is 0 Å². The van der Waals surface area contributed by atoms with Crippen molar-refractivity contribution in [3.63, 3.8) is 0 Å². The molecule has 1 heterocycles. The van der Waals surface area contributed by atoms with Gasteiger partial charge in [-0.15, -0.1) is 0 Å². The number of hydrogen-bond acceptors (Lipinski definition) is 2. The molecule has 1 aliphatic rings. The highest BCUT2D eigenvalue weighted by Crippen LogP contribution is 2.22. The number of aliphatic hydroxyl groups is 1. The molecule has 0 bridgehead atoms. The highest BCUT2D eigenvalue weighted by Gasteiger charge is 2.29. The van der Waals surface area contributed by atoms with E-state index >= 15 is 0 Å². The molecule has 0 spiro atoms. The predicted molar refractivity (Wildman–Crippen MR) is 55.8 cm³/mol. The van der Waals surface area contributed by atoms with Gasteiger partial charge in [-0.1, -0.05) is 19.8 Å². The molecular formula is C11H23NO. The number of aliphatic hydroxyl groups excluding tert-OH is 1. The molecule has 1 N–H and O–H groups in total. The molecule has 1 aliphatic heterocycles. The Hall–Kier alpha value is -0.0800. The van der Waals surface area contributed by atoms with Gasteiger partial charge in [0.25, 0.3) is 0 Å². The van der Waals surface area contributed by atoms with E-state index in [1.807, 2.05) is 0 Å². The van der Waals surface area contributed by atoms with Crippen molar-refractivity contribution in [1.29, 1.82) is 0 Å². The number of hydrogen-bond donors (Lipinski definition) is 1. The molecule has 78 valence electrons. The van der Waals surface area contributed by atoms with Crippen molar-refractivity contribution in [2.75, 3.05) is 19.7 Å². The lowest BCUT2D eigenvalue weighted by molar-refractivity contribution is 0.0424. The number of nitrogens with zero attached hydrogens (tertiary/aromatic N) is 1. The fraction of sp³-hybridized carbons (Fsp3) is 1.00. The van der Waals surface area contributed by atoms with Gasteiger partial charge in [-0.2, -0.15) is 0 Å². The third-order valence-corrected chi connectivity index (χ3v) is 3.47. The van der Waals surface area contributed by atoms with Gasteiger partial charge in [-0.3, -0.25) is 4.90 Å². The molecule has 0 aromatic heterocycles. The van der Waals surface area contributed by atoms with Gasteiger partial charge >= 0.3 is 0 Å². The average Bonchev–Trinajstić information content (AvgIpc) is 2.45. The monoisotopic (exact) mass is 185 g/mol. The highest BCUT2D eigenvalue weighted by atomic mass is 16.3. The van der Waals surface area contributed by atoms with E-state index in [9.17, 15) is 5.11 Å². The Bertz CT molecular complexity index is 135. The standard InChI is InChI=1S/C11H23NO/c1-3-11(2,10-13)12-8-6-4-5-7-9-12/h13H,3-10H2,1-2H3. The zero-order valence-electron chi connectivity index (χ0n) is 9.05. The summed E-state index contributed by atoms with van der Waals surface area (Å²) in [4.78, 5) is 2.47. The summed E-state index contributed by atoms with van der Waals surface area (Å²) < 4.78 is 0. The van der Waals surface area contributed by atoms with Crippen LogP contribution in [-0.2, 0) is 0 Å². The van der Waals surface area contributed by atoms with Crippen LogP contribution < -0.4 is 0 Å². The maximum atomic E-state index is 9.39. The molecule has 0 aromatic carbocycles. The molecule has 0 aliphatic carbocycles. The molecule has 0 saturated carbocycles. The molecule has 0 amide bonds.